The third-order valence-corrected chi connectivity index (χ3v) is 2.49. The van der Waals surface area contributed by atoms with Crippen molar-refractivity contribution in [2.45, 2.75) is 11.0 Å². The van der Waals surface area contributed by atoms with Gasteiger partial charge in [-0.2, -0.15) is 0 Å². The molecular formula is C11H13NOS. The van der Waals surface area contributed by atoms with Crippen molar-refractivity contribution in [1.29, 1.82) is 0 Å². The quantitative estimate of drug-likeness (QED) is 0.605. The summed E-state index contributed by atoms with van der Waals surface area (Å²) in [7, 11) is 3.96. The van der Waals surface area contributed by atoms with Crippen LogP contribution in [0.25, 0.3) is 0 Å². The average Bonchev–Trinajstić information content (AvgIpc) is 2.17. The van der Waals surface area contributed by atoms with Crippen LogP contribution in [0.5, 0.6) is 0 Å². The molecule has 1 atom stereocenters. The van der Waals surface area contributed by atoms with Crippen molar-refractivity contribution < 1.29 is 5.11 Å². The van der Waals surface area contributed by atoms with Gasteiger partial charge in [-0.15, -0.1) is 6.42 Å². The van der Waals surface area contributed by atoms with E-state index >= 15 is 0 Å². The molecule has 0 heterocycles. The van der Waals surface area contributed by atoms with Crippen molar-refractivity contribution in [3.8, 4) is 12.3 Å². The molecule has 0 bridgehead atoms. The summed E-state index contributed by atoms with van der Waals surface area (Å²) in [5.74, 6) is 2.28. The summed E-state index contributed by atoms with van der Waals surface area (Å²) in [6.45, 7) is 0. The Morgan fingerprint density at radius 3 is 2.36 bits per heavy atom. The standard InChI is InChI=1S/C11H13NOS/c1-4-11(13)9-5-7-10(8-6-9)14-12(2)3/h1,5-8,11,13H,2-3H3. The third kappa shape index (κ3) is 3.08. The van der Waals surface area contributed by atoms with E-state index in [0.717, 1.165) is 10.5 Å². The molecule has 2 nitrogen and oxygen atoms in total. The first-order valence-corrected chi connectivity index (χ1v) is 5.00. The largest absolute Gasteiger partial charge is 0.376 e. The molecule has 0 saturated heterocycles. The van der Waals surface area contributed by atoms with E-state index < -0.39 is 6.10 Å². The van der Waals surface area contributed by atoms with E-state index in [4.69, 9.17) is 6.42 Å². The second-order valence-electron chi connectivity index (χ2n) is 3.04. The van der Waals surface area contributed by atoms with E-state index in [1.807, 2.05) is 42.7 Å². The Labute approximate surface area is 89.1 Å². The summed E-state index contributed by atoms with van der Waals surface area (Å²) in [6.07, 6.45) is 4.31. The summed E-state index contributed by atoms with van der Waals surface area (Å²) in [5, 5.41) is 9.35. The van der Waals surface area contributed by atoms with Crippen LogP contribution >= 0.6 is 11.9 Å². The summed E-state index contributed by atoms with van der Waals surface area (Å²) >= 11 is 1.63. The maximum absolute atomic E-state index is 9.35. The van der Waals surface area contributed by atoms with Crippen molar-refractivity contribution in [2.24, 2.45) is 0 Å². The van der Waals surface area contributed by atoms with Gasteiger partial charge in [0.15, 0.2) is 0 Å². The van der Waals surface area contributed by atoms with E-state index in [1.54, 1.807) is 11.9 Å². The van der Waals surface area contributed by atoms with Crippen LogP contribution < -0.4 is 0 Å². The fourth-order valence-corrected chi connectivity index (χ4v) is 1.70. The Bertz CT molecular complexity index is 326. The molecule has 1 aromatic carbocycles. The predicted molar refractivity (Wildman–Crippen MR) is 59.8 cm³/mol. The molecule has 0 spiro atoms. The number of nitrogens with zero attached hydrogens (tertiary/aromatic N) is 1. The molecule has 14 heavy (non-hydrogen) atoms. The zero-order chi connectivity index (χ0) is 10.6. The molecule has 0 saturated carbocycles. The number of rotatable bonds is 3. The van der Waals surface area contributed by atoms with E-state index in [-0.39, 0.29) is 0 Å². The molecule has 1 unspecified atom stereocenters. The van der Waals surface area contributed by atoms with Crippen molar-refractivity contribution in [1.82, 2.24) is 4.31 Å². The lowest BCUT2D eigenvalue weighted by molar-refractivity contribution is 0.238. The first-order chi connectivity index (χ1) is 6.63. The second-order valence-corrected chi connectivity index (χ2v) is 4.43. The fraction of sp³-hybridized carbons (Fsp3) is 0.273. The summed E-state index contributed by atoms with van der Waals surface area (Å²) < 4.78 is 2.01. The normalized spacial score (nSPS) is 12.5. The molecule has 0 fully saturated rings. The van der Waals surface area contributed by atoms with Gasteiger partial charge in [0.25, 0.3) is 0 Å². The van der Waals surface area contributed by atoms with Gasteiger partial charge in [0.1, 0.15) is 6.10 Å². The van der Waals surface area contributed by atoms with E-state index in [1.165, 1.54) is 0 Å². The van der Waals surface area contributed by atoms with Crippen LogP contribution in [0.3, 0.4) is 0 Å². The molecule has 1 aromatic rings. The molecule has 0 aliphatic heterocycles. The number of hydrogen-bond donors (Lipinski definition) is 1. The minimum Gasteiger partial charge on any atom is -0.376 e. The van der Waals surface area contributed by atoms with Crippen LogP contribution in [0.15, 0.2) is 29.2 Å². The van der Waals surface area contributed by atoms with Gasteiger partial charge in [-0.1, -0.05) is 18.1 Å². The lowest BCUT2D eigenvalue weighted by Crippen LogP contribution is -1.99. The van der Waals surface area contributed by atoms with E-state index in [9.17, 15) is 5.11 Å². The van der Waals surface area contributed by atoms with E-state index in [0.29, 0.717) is 0 Å². The van der Waals surface area contributed by atoms with Crippen molar-refractivity contribution in [2.75, 3.05) is 14.1 Å². The van der Waals surface area contributed by atoms with Gasteiger partial charge in [-0.25, -0.2) is 0 Å². The highest BCUT2D eigenvalue weighted by Gasteiger charge is 2.03. The summed E-state index contributed by atoms with van der Waals surface area (Å²) in [6, 6.07) is 7.58. The molecule has 1 N–H and O–H groups in total. The number of benzene rings is 1. The molecule has 0 aromatic heterocycles. The Morgan fingerprint density at radius 1 is 1.36 bits per heavy atom. The highest BCUT2D eigenvalue weighted by atomic mass is 32.2. The van der Waals surface area contributed by atoms with Crippen molar-refractivity contribution in [3.63, 3.8) is 0 Å². The molecular weight excluding hydrogens is 194 g/mol. The first kappa shape index (κ1) is 11.1. The Kier molecular flexibility index (Phi) is 4.02. The maximum Gasteiger partial charge on any atom is 0.139 e. The summed E-state index contributed by atoms with van der Waals surface area (Å²) in [5.41, 5.74) is 0.760. The first-order valence-electron chi connectivity index (χ1n) is 4.23. The molecule has 1 rings (SSSR count). The Hall–Kier alpha value is -0.950. The highest BCUT2D eigenvalue weighted by molar-refractivity contribution is 7.97. The topological polar surface area (TPSA) is 23.5 Å². The molecule has 0 aliphatic rings. The zero-order valence-corrected chi connectivity index (χ0v) is 9.08. The van der Waals surface area contributed by atoms with Crippen LogP contribution in [0.1, 0.15) is 11.7 Å². The molecule has 3 heteroatoms. The average molecular weight is 207 g/mol. The van der Waals surface area contributed by atoms with Crippen LogP contribution in [0.4, 0.5) is 0 Å². The van der Waals surface area contributed by atoms with Crippen LogP contribution in [0.2, 0.25) is 0 Å². The van der Waals surface area contributed by atoms with Crippen LogP contribution in [-0.2, 0) is 0 Å². The second kappa shape index (κ2) is 5.06. The maximum atomic E-state index is 9.35. The lowest BCUT2D eigenvalue weighted by atomic mass is 10.1. The lowest BCUT2D eigenvalue weighted by Gasteiger charge is -2.09. The third-order valence-electron chi connectivity index (χ3n) is 1.64. The Balaban J connectivity index is 2.74. The zero-order valence-electron chi connectivity index (χ0n) is 8.27. The van der Waals surface area contributed by atoms with Gasteiger partial charge < -0.3 is 5.11 Å². The van der Waals surface area contributed by atoms with Crippen LogP contribution in [-0.4, -0.2) is 23.5 Å². The van der Waals surface area contributed by atoms with Gasteiger partial charge in [0.2, 0.25) is 0 Å². The van der Waals surface area contributed by atoms with Gasteiger partial charge in [-0.05, 0) is 43.7 Å². The molecule has 0 radical (unpaired) electrons. The van der Waals surface area contributed by atoms with Gasteiger partial charge in [0, 0.05) is 4.90 Å². The van der Waals surface area contributed by atoms with Crippen molar-refractivity contribution in [3.05, 3.63) is 29.8 Å². The molecule has 74 valence electrons. The Morgan fingerprint density at radius 2 is 1.93 bits per heavy atom. The molecule has 0 aliphatic carbocycles. The summed E-state index contributed by atoms with van der Waals surface area (Å²) in [4.78, 5) is 1.13. The van der Waals surface area contributed by atoms with Crippen molar-refractivity contribution >= 4 is 11.9 Å². The number of hydrogen-bond acceptors (Lipinski definition) is 3. The SMILES string of the molecule is C#CC(O)c1ccc(SN(C)C)cc1. The smallest absolute Gasteiger partial charge is 0.139 e. The number of terminal acetylenes is 1. The van der Waals surface area contributed by atoms with Gasteiger partial charge in [-0.3, -0.25) is 4.31 Å². The fourth-order valence-electron chi connectivity index (χ4n) is 1.02. The predicted octanol–water partition coefficient (Wildman–Crippen LogP) is 1.92. The number of aliphatic hydroxyl groups is 1. The minimum atomic E-state index is -0.798. The minimum absolute atomic E-state index is 0.760. The van der Waals surface area contributed by atoms with E-state index in [2.05, 4.69) is 5.92 Å². The van der Waals surface area contributed by atoms with Gasteiger partial charge >= 0.3 is 0 Å². The monoisotopic (exact) mass is 207 g/mol. The van der Waals surface area contributed by atoms with Gasteiger partial charge in [0.05, 0.1) is 0 Å². The molecule has 0 amide bonds. The van der Waals surface area contributed by atoms with Crippen LogP contribution in [0, 0.1) is 12.3 Å². The number of aliphatic hydroxyl groups excluding tert-OH is 1. The highest BCUT2D eigenvalue weighted by Crippen LogP contribution is 2.21.